The Labute approximate surface area is 110 Å². The Hall–Kier alpha value is -1.14. The molecular weight excluding hydrogens is 248 g/mol. The van der Waals surface area contributed by atoms with Crippen molar-refractivity contribution in [3.63, 3.8) is 0 Å². The Morgan fingerprint density at radius 1 is 1.44 bits per heavy atom. The van der Waals surface area contributed by atoms with Gasteiger partial charge in [0, 0.05) is 17.6 Å². The number of hydrogen-bond donors (Lipinski definition) is 3. The number of nitrogens with one attached hydrogen (secondary N) is 3. The number of amides is 1. The van der Waals surface area contributed by atoms with E-state index in [1.54, 1.807) is 17.5 Å². The molecule has 2 aliphatic rings. The van der Waals surface area contributed by atoms with E-state index in [2.05, 4.69) is 20.9 Å². The SMILES string of the molecule is O=C(NC1CC1)C1(Nc2nccs2)CCNCC1. The fraction of sp³-hybridized carbons (Fsp3) is 0.667. The predicted molar refractivity (Wildman–Crippen MR) is 71.7 cm³/mol. The number of nitrogens with zero attached hydrogens (tertiary/aromatic N) is 1. The van der Waals surface area contributed by atoms with Gasteiger partial charge in [-0.05, 0) is 38.8 Å². The summed E-state index contributed by atoms with van der Waals surface area (Å²) in [6.07, 6.45) is 5.63. The van der Waals surface area contributed by atoms with E-state index in [0.717, 1.165) is 43.9 Å². The number of hydrogen-bond acceptors (Lipinski definition) is 5. The van der Waals surface area contributed by atoms with Gasteiger partial charge in [-0.2, -0.15) is 0 Å². The second-order valence-electron chi connectivity index (χ2n) is 5.04. The fourth-order valence-electron chi connectivity index (χ4n) is 2.30. The number of carbonyl (C=O) groups excluding carboxylic acids is 1. The van der Waals surface area contributed by atoms with Crippen LogP contribution in [0, 0.1) is 0 Å². The predicted octanol–water partition coefficient (Wildman–Crippen LogP) is 0.956. The first-order valence-electron chi connectivity index (χ1n) is 6.48. The van der Waals surface area contributed by atoms with Crippen molar-refractivity contribution in [2.45, 2.75) is 37.3 Å². The summed E-state index contributed by atoms with van der Waals surface area (Å²) in [6, 6.07) is 0.405. The first-order valence-corrected chi connectivity index (χ1v) is 7.36. The molecule has 3 rings (SSSR count). The van der Waals surface area contributed by atoms with Crippen molar-refractivity contribution >= 4 is 22.4 Å². The average Bonchev–Trinajstić information content (AvgIpc) is 3.05. The Kier molecular flexibility index (Phi) is 3.22. The van der Waals surface area contributed by atoms with Crippen LogP contribution >= 0.6 is 11.3 Å². The van der Waals surface area contributed by atoms with Gasteiger partial charge in [-0.1, -0.05) is 0 Å². The first kappa shape index (κ1) is 11.9. The Morgan fingerprint density at radius 3 is 2.83 bits per heavy atom. The molecule has 1 aliphatic heterocycles. The van der Waals surface area contributed by atoms with E-state index in [4.69, 9.17) is 0 Å². The van der Waals surface area contributed by atoms with Crippen molar-refractivity contribution in [1.82, 2.24) is 15.6 Å². The van der Waals surface area contributed by atoms with Gasteiger partial charge >= 0.3 is 0 Å². The van der Waals surface area contributed by atoms with Crippen molar-refractivity contribution < 1.29 is 4.79 Å². The minimum absolute atomic E-state index is 0.140. The van der Waals surface area contributed by atoms with Crippen molar-refractivity contribution in [1.29, 1.82) is 0 Å². The molecule has 0 unspecified atom stereocenters. The smallest absolute Gasteiger partial charge is 0.246 e. The number of anilines is 1. The van der Waals surface area contributed by atoms with Crippen molar-refractivity contribution in [2.75, 3.05) is 18.4 Å². The lowest BCUT2D eigenvalue weighted by Gasteiger charge is -2.36. The third-order valence-electron chi connectivity index (χ3n) is 3.58. The molecule has 98 valence electrons. The van der Waals surface area contributed by atoms with Gasteiger partial charge in [-0.15, -0.1) is 11.3 Å². The minimum atomic E-state index is -0.480. The van der Waals surface area contributed by atoms with Crippen LogP contribution in [-0.2, 0) is 4.79 Å². The summed E-state index contributed by atoms with van der Waals surface area (Å²) in [5.41, 5.74) is -0.480. The molecule has 2 fully saturated rings. The molecule has 0 atom stereocenters. The number of piperidine rings is 1. The van der Waals surface area contributed by atoms with Gasteiger partial charge in [0.15, 0.2) is 5.13 Å². The van der Waals surface area contributed by atoms with Gasteiger partial charge in [0.1, 0.15) is 5.54 Å². The van der Waals surface area contributed by atoms with Crippen LogP contribution in [0.5, 0.6) is 0 Å². The molecule has 1 saturated carbocycles. The highest BCUT2D eigenvalue weighted by molar-refractivity contribution is 7.13. The van der Waals surface area contributed by atoms with Crippen LogP contribution in [0.1, 0.15) is 25.7 Å². The van der Waals surface area contributed by atoms with E-state index in [-0.39, 0.29) is 5.91 Å². The van der Waals surface area contributed by atoms with E-state index >= 15 is 0 Å². The van der Waals surface area contributed by atoms with E-state index in [9.17, 15) is 4.79 Å². The number of aromatic nitrogens is 1. The fourth-order valence-corrected chi connectivity index (χ4v) is 2.93. The number of carbonyl (C=O) groups is 1. The zero-order valence-corrected chi connectivity index (χ0v) is 11.1. The molecule has 0 bridgehead atoms. The van der Waals surface area contributed by atoms with E-state index in [1.165, 1.54) is 0 Å². The van der Waals surface area contributed by atoms with Crippen molar-refractivity contribution in [2.24, 2.45) is 0 Å². The molecule has 1 amide bonds. The van der Waals surface area contributed by atoms with Gasteiger partial charge in [-0.25, -0.2) is 4.98 Å². The molecule has 0 spiro atoms. The second-order valence-corrected chi connectivity index (χ2v) is 5.94. The topological polar surface area (TPSA) is 66.0 Å². The van der Waals surface area contributed by atoms with Gasteiger partial charge in [0.2, 0.25) is 5.91 Å². The molecule has 1 aromatic heterocycles. The highest BCUT2D eigenvalue weighted by Crippen LogP contribution is 2.28. The van der Waals surface area contributed by atoms with Crippen LogP contribution < -0.4 is 16.0 Å². The molecule has 5 nitrogen and oxygen atoms in total. The van der Waals surface area contributed by atoms with Gasteiger partial charge < -0.3 is 16.0 Å². The Morgan fingerprint density at radius 2 is 2.22 bits per heavy atom. The maximum atomic E-state index is 12.5. The largest absolute Gasteiger partial charge is 0.351 e. The second kappa shape index (κ2) is 4.85. The third-order valence-corrected chi connectivity index (χ3v) is 4.27. The molecule has 3 N–H and O–H groups in total. The maximum absolute atomic E-state index is 12.5. The zero-order valence-electron chi connectivity index (χ0n) is 10.2. The molecule has 1 aliphatic carbocycles. The summed E-state index contributed by atoms with van der Waals surface area (Å²) in [7, 11) is 0. The van der Waals surface area contributed by atoms with Crippen LogP contribution in [0.25, 0.3) is 0 Å². The molecule has 18 heavy (non-hydrogen) atoms. The molecule has 1 aromatic rings. The number of thiazole rings is 1. The van der Waals surface area contributed by atoms with Crippen LogP contribution in [0.4, 0.5) is 5.13 Å². The standard InChI is InChI=1S/C12H18N4OS/c17-10(15-9-1-2-9)12(3-5-13-6-4-12)16-11-14-7-8-18-11/h7-9,13H,1-6H2,(H,14,16)(H,15,17). The summed E-state index contributed by atoms with van der Waals surface area (Å²) in [5.74, 6) is 0.140. The molecule has 0 radical (unpaired) electrons. The van der Waals surface area contributed by atoms with Crippen molar-refractivity contribution in [3.05, 3.63) is 11.6 Å². The quantitative estimate of drug-likeness (QED) is 0.759. The molecule has 0 aromatic carbocycles. The van der Waals surface area contributed by atoms with E-state index in [0.29, 0.717) is 6.04 Å². The lowest BCUT2D eigenvalue weighted by atomic mass is 9.87. The summed E-state index contributed by atoms with van der Waals surface area (Å²) in [4.78, 5) is 16.7. The Bertz CT molecular complexity index is 410. The van der Waals surface area contributed by atoms with Crippen LogP contribution in [0.2, 0.25) is 0 Å². The monoisotopic (exact) mass is 266 g/mol. The maximum Gasteiger partial charge on any atom is 0.246 e. The third kappa shape index (κ3) is 2.49. The lowest BCUT2D eigenvalue weighted by Crippen LogP contribution is -2.58. The number of rotatable bonds is 4. The Balaban J connectivity index is 1.75. The van der Waals surface area contributed by atoms with Gasteiger partial charge in [0.05, 0.1) is 0 Å². The summed E-state index contributed by atoms with van der Waals surface area (Å²) < 4.78 is 0. The van der Waals surface area contributed by atoms with E-state index in [1.807, 2.05) is 5.38 Å². The summed E-state index contributed by atoms with van der Waals surface area (Å²) in [6.45, 7) is 1.74. The molecule has 1 saturated heterocycles. The van der Waals surface area contributed by atoms with Gasteiger partial charge in [-0.3, -0.25) is 4.79 Å². The normalized spacial score (nSPS) is 22.4. The van der Waals surface area contributed by atoms with Crippen LogP contribution in [0.3, 0.4) is 0 Å². The summed E-state index contributed by atoms with van der Waals surface area (Å²) >= 11 is 1.54. The zero-order chi connectivity index (χ0) is 12.4. The molecular formula is C12H18N4OS. The average molecular weight is 266 g/mol. The highest BCUT2D eigenvalue weighted by atomic mass is 32.1. The molecule has 6 heteroatoms. The lowest BCUT2D eigenvalue weighted by molar-refractivity contribution is -0.126. The van der Waals surface area contributed by atoms with E-state index < -0.39 is 5.54 Å². The minimum Gasteiger partial charge on any atom is -0.351 e. The van der Waals surface area contributed by atoms with Crippen molar-refractivity contribution in [3.8, 4) is 0 Å². The summed E-state index contributed by atoms with van der Waals surface area (Å²) in [5, 5.41) is 12.6. The van der Waals surface area contributed by atoms with Gasteiger partial charge in [0.25, 0.3) is 0 Å². The molecule has 2 heterocycles. The highest BCUT2D eigenvalue weighted by Gasteiger charge is 2.42. The van der Waals surface area contributed by atoms with Crippen LogP contribution in [-0.4, -0.2) is 35.6 Å². The van der Waals surface area contributed by atoms with Crippen LogP contribution in [0.15, 0.2) is 11.6 Å². The first-order chi connectivity index (χ1) is 8.78.